The molecule has 0 aromatic heterocycles. The van der Waals surface area contributed by atoms with Crippen LogP contribution in [0.1, 0.15) is 0 Å². The van der Waals surface area contributed by atoms with Gasteiger partial charge in [0.2, 0.25) is 0 Å². The van der Waals surface area contributed by atoms with Crippen LogP contribution in [0, 0.1) is 0 Å². The van der Waals surface area contributed by atoms with Gasteiger partial charge in [0.15, 0.2) is 0 Å². The van der Waals surface area contributed by atoms with E-state index in [1.165, 1.54) is 15.1 Å². The molecule has 0 N–H and O–H groups in total. The Bertz CT molecular complexity index is 522. The van der Waals surface area contributed by atoms with Crippen molar-refractivity contribution in [1.29, 1.82) is 0 Å². The topological polar surface area (TPSA) is 0 Å². The molecule has 0 radical (unpaired) electrons. The second kappa shape index (κ2) is 7.41. The number of hydrogen-bond acceptors (Lipinski definition) is 1. The van der Waals surface area contributed by atoms with Crippen molar-refractivity contribution in [3.05, 3.63) is 71.4 Å². The van der Waals surface area contributed by atoms with E-state index in [2.05, 4.69) is 71.4 Å². The Hall–Kier alpha value is -0.380. The van der Waals surface area contributed by atoms with E-state index in [0.717, 1.165) is 6.16 Å². The molecule has 2 aromatic rings. The van der Waals surface area contributed by atoms with Gasteiger partial charge in [-0.25, -0.2) is 0 Å². The zero-order chi connectivity index (χ0) is 13.6. The minimum atomic E-state index is -1.64. The van der Waals surface area contributed by atoms with Crippen LogP contribution in [-0.4, -0.2) is 27.1 Å². The molecule has 0 aliphatic heterocycles. The first kappa shape index (κ1) is 15.0. The molecule has 0 nitrogen and oxygen atoms in total. The summed E-state index contributed by atoms with van der Waals surface area (Å²) >= 11 is 6.08. The first-order valence-electron chi connectivity index (χ1n) is 6.20. The van der Waals surface area contributed by atoms with Gasteiger partial charge in [-0.15, -0.1) is 0 Å². The zero-order valence-electron chi connectivity index (χ0n) is 10.7. The summed E-state index contributed by atoms with van der Waals surface area (Å²) in [5.41, 5.74) is 0. The molecule has 2 aromatic carbocycles. The maximum atomic E-state index is 6.15. The zero-order valence-corrected chi connectivity index (χ0v) is 14.8. The van der Waals surface area contributed by atoms with Gasteiger partial charge >= 0.3 is 131 Å². The molecule has 0 aliphatic carbocycles. The van der Waals surface area contributed by atoms with Gasteiger partial charge in [-0.1, -0.05) is 0 Å². The first-order chi connectivity index (χ1) is 9.27. The van der Waals surface area contributed by atoms with Crippen LogP contribution in [0.3, 0.4) is 0 Å². The average Bonchev–Trinajstić information content (AvgIpc) is 2.49. The molecule has 0 heterocycles. The van der Waals surface area contributed by atoms with E-state index in [1.807, 2.05) is 0 Å². The molecule has 0 spiro atoms. The van der Waals surface area contributed by atoms with Gasteiger partial charge in [-0.3, -0.25) is 0 Å². The van der Waals surface area contributed by atoms with Crippen LogP contribution in [0.5, 0.6) is 0 Å². The van der Waals surface area contributed by atoms with Gasteiger partial charge in [0.25, 0.3) is 0 Å². The molecule has 0 saturated carbocycles. The van der Waals surface area contributed by atoms with E-state index in [9.17, 15) is 0 Å². The van der Waals surface area contributed by atoms with Gasteiger partial charge in [0.05, 0.1) is 0 Å². The molecule has 98 valence electrons. The van der Waals surface area contributed by atoms with E-state index in [4.69, 9.17) is 11.8 Å². The summed E-state index contributed by atoms with van der Waals surface area (Å²) in [7, 11) is 0. The molecular formula is C16H17PSTe. The number of hydrogen-bond donors (Lipinski definition) is 0. The SMILES string of the molecule is C=C[Te]CCP(=S)(c1ccccc1)c1ccccc1. The van der Waals surface area contributed by atoms with E-state index in [0.29, 0.717) is 0 Å². The van der Waals surface area contributed by atoms with Crippen molar-refractivity contribution >= 4 is 49.4 Å². The second-order valence-corrected chi connectivity index (χ2v) is 12.1. The summed E-state index contributed by atoms with van der Waals surface area (Å²) in [6.07, 6.45) is 1.13. The Balaban J connectivity index is 2.39. The fraction of sp³-hybridized carbons (Fsp3) is 0.125. The predicted molar refractivity (Wildman–Crippen MR) is 92.1 cm³/mol. The molecule has 3 heteroatoms. The Morgan fingerprint density at radius 1 is 0.947 bits per heavy atom. The predicted octanol–water partition coefficient (Wildman–Crippen LogP) is 3.38. The molecule has 0 atom stereocenters. The summed E-state index contributed by atoms with van der Waals surface area (Å²) in [5, 5.41) is 2.68. The van der Waals surface area contributed by atoms with Crippen molar-refractivity contribution in [3.63, 3.8) is 0 Å². The van der Waals surface area contributed by atoms with Crippen molar-refractivity contribution in [1.82, 2.24) is 0 Å². The number of benzene rings is 2. The molecule has 0 aliphatic rings. The van der Waals surface area contributed by atoms with Crippen LogP contribution in [0.4, 0.5) is 0 Å². The van der Waals surface area contributed by atoms with Gasteiger partial charge < -0.3 is 0 Å². The van der Waals surface area contributed by atoms with Gasteiger partial charge in [-0.2, -0.15) is 0 Å². The molecule has 0 unspecified atom stereocenters. The number of rotatable bonds is 6. The first-order valence-corrected chi connectivity index (χ1v) is 12.2. The van der Waals surface area contributed by atoms with Crippen molar-refractivity contribution in [2.75, 3.05) is 6.16 Å². The van der Waals surface area contributed by atoms with Crippen molar-refractivity contribution < 1.29 is 0 Å². The van der Waals surface area contributed by atoms with E-state index in [1.54, 1.807) is 0 Å². The third-order valence-corrected chi connectivity index (χ3v) is 10.8. The van der Waals surface area contributed by atoms with Crippen LogP contribution < -0.4 is 10.6 Å². The van der Waals surface area contributed by atoms with Crippen LogP contribution in [0.15, 0.2) is 71.4 Å². The van der Waals surface area contributed by atoms with E-state index >= 15 is 0 Å². The van der Waals surface area contributed by atoms with Gasteiger partial charge in [0.1, 0.15) is 0 Å². The van der Waals surface area contributed by atoms with Crippen LogP contribution in [-0.2, 0) is 11.8 Å². The molecule has 2 rings (SSSR count). The Morgan fingerprint density at radius 2 is 1.42 bits per heavy atom. The Morgan fingerprint density at radius 3 is 1.84 bits per heavy atom. The van der Waals surface area contributed by atoms with E-state index < -0.39 is 6.04 Å². The average molecular weight is 400 g/mol. The summed E-state index contributed by atoms with van der Waals surface area (Å²) in [6, 6.07) is 19.7. The monoisotopic (exact) mass is 402 g/mol. The van der Waals surface area contributed by atoms with Gasteiger partial charge in [-0.05, 0) is 0 Å². The summed E-state index contributed by atoms with van der Waals surface area (Å²) in [5.74, 6) is 0. The second-order valence-electron chi connectivity index (χ2n) is 4.17. The molecule has 19 heavy (non-hydrogen) atoms. The fourth-order valence-electron chi connectivity index (χ4n) is 2.01. The normalized spacial score (nSPS) is 11.2. The third kappa shape index (κ3) is 3.80. The van der Waals surface area contributed by atoms with Crippen molar-refractivity contribution in [2.24, 2.45) is 0 Å². The molecule has 0 saturated heterocycles. The van der Waals surface area contributed by atoms with Crippen LogP contribution in [0.25, 0.3) is 0 Å². The van der Waals surface area contributed by atoms with Crippen molar-refractivity contribution in [3.8, 4) is 0 Å². The summed E-state index contributed by atoms with van der Waals surface area (Å²) in [6.45, 7) is 3.86. The van der Waals surface area contributed by atoms with Crippen LogP contribution >= 0.6 is 6.04 Å². The summed E-state index contributed by atoms with van der Waals surface area (Å²) in [4.78, 5) is 0. The quantitative estimate of drug-likeness (QED) is 0.407. The van der Waals surface area contributed by atoms with E-state index in [-0.39, 0.29) is 20.9 Å². The Kier molecular flexibility index (Phi) is 5.86. The van der Waals surface area contributed by atoms with Gasteiger partial charge in [0, 0.05) is 0 Å². The third-order valence-electron chi connectivity index (χ3n) is 2.99. The minimum absolute atomic E-state index is 0.0672. The molecule has 0 amide bonds. The molecule has 0 bridgehead atoms. The molecule has 0 fully saturated rings. The fourth-order valence-corrected chi connectivity index (χ4v) is 10.3. The Labute approximate surface area is 131 Å². The van der Waals surface area contributed by atoms with Crippen molar-refractivity contribution in [2.45, 2.75) is 4.47 Å². The standard InChI is InChI=1S/C16H17PSTe/c1-2-19-14-13-17(18,15-9-5-3-6-10-15)16-11-7-4-8-12-16/h2-12H,1,13-14H2. The van der Waals surface area contributed by atoms with Crippen LogP contribution in [0.2, 0.25) is 4.47 Å². The summed E-state index contributed by atoms with van der Waals surface area (Å²) < 4.78 is 3.36. The maximum absolute atomic E-state index is 6.15. The molecular weight excluding hydrogens is 383 g/mol.